The Kier molecular flexibility index (Phi) is 4.22. The number of benzene rings is 1. The van der Waals surface area contributed by atoms with Crippen LogP contribution in [0.1, 0.15) is 23.2 Å². The fourth-order valence-corrected chi connectivity index (χ4v) is 1.75. The number of hydrogen-bond acceptors (Lipinski definition) is 3. The topological polar surface area (TPSA) is 50.4 Å². The molecule has 0 aliphatic carbocycles. The van der Waals surface area contributed by atoms with E-state index >= 15 is 0 Å². The Bertz CT molecular complexity index is 434. The molecule has 1 aliphatic heterocycles. The third kappa shape index (κ3) is 3.24. The Morgan fingerprint density at radius 2 is 2.22 bits per heavy atom. The first-order chi connectivity index (χ1) is 8.66. The third-order valence-electron chi connectivity index (χ3n) is 2.75. The minimum atomic E-state index is -1.05. The predicted molar refractivity (Wildman–Crippen MR) is 60.8 cm³/mol. The van der Waals surface area contributed by atoms with Crippen LogP contribution in [0.5, 0.6) is 0 Å². The van der Waals surface area contributed by atoms with Crippen molar-refractivity contribution in [1.82, 2.24) is 10.8 Å². The second-order valence-corrected chi connectivity index (χ2v) is 4.15. The van der Waals surface area contributed by atoms with E-state index in [-0.39, 0.29) is 11.7 Å². The van der Waals surface area contributed by atoms with E-state index < -0.39 is 17.5 Å². The Morgan fingerprint density at radius 3 is 2.89 bits per heavy atom. The Balaban J connectivity index is 1.88. The maximum Gasteiger partial charge on any atom is 0.274 e. The lowest BCUT2D eigenvalue weighted by Gasteiger charge is -2.22. The fourth-order valence-electron chi connectivity index (χ4n) is 1.75. The molecule has 1 atom stereocenters. The molecule has 0 aromatic heterocycles. The zero-order valence-corrected chi connectivity index (χ0v) is 9.71. The van der Waals surface area contributed by atoms with Gasteiger partial charge in [-0.2, -0.15) is 0 Å². The molecule has 1 aliphatic rings. The monoisotopic (exact) mass is 256 g/mol. The largest absolute Gasteiger partial charge is 0.314 e. The van der Waals surface area contributed by atoms with Crippen molar-refractivity contribution in [1.29, 1.82) is 0 Å². The lowest BCUT2D eigenvalue weighted by molar-refractivity contribution is -0.0251. The highest BCUT2D eigenvalue weighted by atomic mass is 19.2. The number of halogens is 2. The van der Waals surface area contributed by atoms with Gasteiger partial charge in [0.05, 0.1) is 6.10 Å². The van der Waals surface area contributed by atoms with Gasteiger partial charge >= 0.3 is 0 Å². The molecule has 0 bridgehead atoms. The number of hydrogen-bond donors (Lipinski definition) is 2. The number of hydroxylamine groups is 1. The molecule has 4 nitrogen and oxygen atoms in total. The Morgan fingerprint density at radius 1 is 1.39 bits per heavy atom. The molecule has 1 aromatic carbocycles. The summed E-state index contributed by atoms with van der Waals surface area (Å²) >= 11 is 0. The van der Waals surface area contributed by atoms with Gasteiger partial charge in [0, 0.05) is 12.1 Å². The van der Waals surface area contributed by atoms with Gasteiger partial charge < -0.3 is 5.32 Å². The van der Waals surface area contributed by atoms with Crippen LogP contribution in [-0.4, -0.2) is 25.1 Å². The van der Waals surface area contributed by atoms with Crippen LogP contribution >= 0.6 is 0 Å². The van der Waals surface area contributed by atoms with Gasteiger partial charge in [0.2, 0.25) is 0 Å². The molecule has 18 heavy (non-hydrogen) atoms. The average Bonchev–Trinajstić information content (AvgIpc) is 2.40. The van der Waals surface area contributed by atoms with Gasteiger partial charge in [-0.3, -0.25) is 9.63 Å². The summed E-state index contributed by atoms with van der Waals surface area (Å²) in [5.41, 5.74) is 2.27. The van der Waals surface area contributed by atoms with Crippen LogP contribution in [-0.2, 0) is 4.84 Å². The average molecular weight is 256 g/mol. The number of nitrogens with one attached hydrogen (secondary N) is 2. The molecular weight excluding hydrogens is 242 g/mol. The van der Waals surface area contributed by atoms with Gasteiger partial charge in [-0.1, -0.05) is 0 Å². The van der Waals surface area contributed by atoms with E-state index in [1.165, 1.54) is 6.07 Å². The Labute approximate surface area is 103 Å². The summed E-state index contributed by atoms with van der Waals surface area (Å²) < 4.78 is 25.6. The van der Waals surface area contributed by atoms with Crippen molar-refractivity contribution >= 4 is 5.91 Å². The van der Waals surface area contributed by atoms with Crippen molar-refractivity contribution in [2.24, 2.45) is 0 Å². The van der Waals surface area contributed by atoms with E-state index in [4.69, 9.17) is 4.84 Å². The van der Waals surface area contributed by atoms with Crippen molar-refractivity contribution in [3.05, 3.63) is 35.4 Å². The molecule has 1 amide bonds. The van der Waals surface area contributed by atoms with E-state index in [1.54, 1.807) is 0 Å². The van der Waals surface area contributed by atoms with Gasteiger partial charge in [0.1, 0.15) is 0 Å². The smallest absolute Gasteiger partial charge is 0.274 e. The van der Waals surface area contributed by atoms with Crippen LogP contribution in [0, 0.1) is 11.6 Å². The van der Waals surface area contributed by atoms with Crippen LogP contribution in [0.3, 0.4) is 0 Å². The minimum absolute atomic E-state index is 0.0256. The minimum Gasteiger partial charge on any atom is -0.314 e. The summed E-state index contributed by atoms with van der Waals surface area (Å²) in [7, 11) is 0. The molecular formula is C12H14F2N2O2. The second kappa shape index (κ2) is 5.88. The van der Waals surface area contributed by atoms with Crippen LogP contribution < -0.4 is 10.8 Å². The molecule has 0 spiro atoms. The summed E-state index contributed by atoms with van der Waals surface area (Å²) in [6, 6.07) is 2.95. The van der Waals surface area contributed by atoms with E-state index in [0.717, 1.165) is 31.5 Å². The quantitative estimate of drug-likeness (QED) is 0.803. The molecule has 0 radical (unpaired) electrons. The number of carbonyl (C=O) groups excluding carboxylic acids is 1. The van der Waals surface area contributed by atoms with Gasteiger partial charge in [-0.15, -0.1) is 0 Å². The van der Waals surface area contributed by atoms with E-state index in [9.17, 15) is 13.6 Å². The lowest BCUT2D eigenvalue weighted by atomic mass is 10.1. The van der Waals surface area contributed by atoms with E-state index in [2.05, 4.69) is 10.8 Å². The molecule has 6 heteroatoms. The van der Waals surface area contributed by atoms with Crippen molar-refractivity contribution in [3.63, 3.8) is 0 Å². The summed E-state index contributed by atoms with van der Waals surface area (Å²) in [6.45, 7) is 1.61. The highest BCUT2D eigenvalue weighted by Crippen LogP contribution is 2.09. The summed E-state index contributed by atoms with van der Waals surface area (Å²) in [5, 5.41) is 3.13. The van der Waals surface area contributed by atoms with Crippen LogP contribution in [0.25, 0.3) is 0 Å². The molecule has 2 rings (SSSR count). The first-order valence-electron chi connectivity index (χ1n) is 5.78. The first kappa shape index (κ1) is 12.9. The molecule has 1 aromatic rings. The molecule has 1 fully saturated rings. The third-order valence-corrected chi connectivity index (χ3v) is 2.75. The molecule has 1 saturated heterocycles. The van der Waals surface area contributed by atoms with Crippen molar-refractivity contribution in [2.75, 3.05) is 13.1 Å². The Hall–Kier alpha value is -1.53. The zero-order valence-electron chi connectivity index (χ0n) is 9.71. The maximum atomic E-state index is 12.9. The standard InChI is InChI=1S/C12H14F2N2O2/c13-10-4-3-8(6-11(10)14)12(17)16-18-9-2-1-5-15-7-9/h3-4,6,9,15H,1-2,5,7H2,(H,16,17). The predicted octanol–water partition coefficient (Wildman–Crippen LogP) is 1.38. The summed E-state index contributed by atoms with van der Waals surface area (Å²) in [5.74, 6) is -2.62. The van der Waals surface area contributed by atoms with Crippen molar-refractivity contribution in [3.8, 4) is 0 Å². The highest BCUT2D eigenvalue weighted by Gasteiger charge is 2.16. The summed E-state index contributed by atoms with van der Waals surface area (Å²) in [4.78, 5) is 16.8. The first-order valence-corrected chi connectivity index (χ1v) is 5.78. The second-order valence-electron chi connectivity index (χ2n) is 4.15. The van der Waals surface area contributed by atoms with Gasteiger partial charge in [-0.25, -0.2) is 14.3 Å². The van der Waals surface area contributed by atoms with Crippen LogP contribution in [0.4, 0.5) is 8.78 Å². The van der Waals surface area contributed by atoms with Crippen LogP contribution in [0.2, 0.25) is 0 Å². The van der Waals surface area contributed by atoms with Crippen molar-refractivity contribution in [2.45, 2.75) is 18.9 Å². The SMILES string of the molecule is O=C(NOC1CCCNC1)c1ccc(F)c(F)c1. The van der Waals surface area contributed by atoms with E-state index in [0.29, 0.717) is 6.54 Å². The molecule has 0 saturated carbocycles. The summed E-state index contributed by atoms with van der Waals surface area (Å²) in [6.07, 6.45) is 1.74. The highest BCUT2D eigenvalue weighted by molar-refractivity contribution is 5.93. The van der Waals surface area contributed by atoms with Crippen molar-refractivity contribution < 1.29 is 18.4 Å². The van der Waals surface area contributed by atoms with Gasteiger partial charge in [0.25, 0.3) is 5.91 Å². The van der Waals surface area contributed by atoms with Gasteiger partial charge in [-0.05, 0) is 37.6 Å². The number of amides is 1. The number of rotatable bonds is 3. The van der Waals surface area contributed by atoms with E-state index in [1.807, 2.05) is 0 Å². The maximum absolute atomic E-state index is 12.9. The zero-order chi connectivity index (χ0) is 13.0. The normalized spacial score (nSPS) is 19.6. The van der Waals surface area contributed by atoms with Gasteiger partial charge in [0.15, 0.2) is 11.6 Å². The number of piperidine rings is 1. The molecule has 2 N–H and O–H groups in total. The molecule has 98 valence electrons. The molecule has 1 unspecified atom stereocenters. The van der Waals surface area contributed by atoms with Crippen LogP contribution in [0.15, 0.2) is 18.2 Å². The lowest BCUT2D eigenvalue weighted by Crippen LogP contribution is -2.40. The fraction of sp³-hybridized carbons (Fsp3) is 0.417. The molecule has 1 heterocycles. The number of carbonyl (C=O) groups is 1.